The molecule has 0 saturated heterocycles. The van der Waals surface area contributed by atoms with Crippen LogP contribution in [0.3, 0.4) is 0 Å². The summed E-state index contributed by atoms with van der Waals surface area (Å²) in [5.74, 6) is 0. The molecule has 0 bridgehead atoms. The van der Waals surface area contributed by atoms with Crippen molar-refractivity contribution in [3.8, 4) is 0 Å². The Bertz CT molecular complexity index is 48.3. The van der Waals surface area contributed by atoms with Crippen molar-refractivity contribution in [2.24, 2.45) is 0 Å². The molecule has 0 heterocycles. The Morgan fingerprint density at radius 3 is 1.88 bits per heavy atom. The van der Waals surface area contributed by atoms with Gasteiger partial charge in [-0.2, -0.15) is 0 Å². The summed E-state index contributed by atoms with van der Waals surface area (Å²) in [6, 6.07) is 0. The van der Waals surface area contributed by atoms with E-state index in [1.54, 1.807) is 13.8 Å². The van der Waals surface area contributed by atoms with Gasteiger partial charge in [0.15, 0.2) is 0 Å². The Morgan fingerprint density at radius 2 is 1.88 bits per heavy atom. The van der Waals surface area contributed by atoms with E-state index in [0.717, 1.165) is 0 Å². The molecular weight excluding hydrogens is 102 g/mol. The minimum absolute atomic E-state index is 0. The van der Waals surface area contributed by atoms with E-state index in [1.165, 1.54) is 0 Å². The van der Waals surface area contributed by atoms with Crippen LogP contribution in [0.15, 0.2) is 0 Å². The first-order valence-corrected chi connectivity index (χ1v) is 2.14. The van der Waals surface area contributed by atoms with Gasteiger partial charge in [-0.05, 0) is 13.8 Å². The summed E-state index contributed by atoms with van der Waals surface area (Å²) in [5.41, 5.74) is 0. The molecule has 0 unspecified atom stereocenters. The van der Waals surface area contributed by atoms with E-state index < -0.39 is 7.32 Å². The van der Waals surface area contributed by atoms with Crippen molar-refractivity contribution in [3.63, 3.8) is 0 Å². The van der Waals surface area contributed by atoms with E-state index in [4.69, 9.17) is 10.0 Å². The summed E-state index contributed by atoms with van der Waals surface area (Å²) in [4.78, 5) is 0. The van der Waals surface area contributed by atoms with Gasteiger partial charge in [0.1, 0.15) is 0 Å². The molecule has 0 fully saturated rings. The average molecular weight is 112 g/mol. The van der Waals surface area contributed by atoms with Crippen LogP contribution in [0.2, 0.25) is 0 Å². The second kappa shape index (κ2) is 5.67. The molecule has 44 valence electrons. The van der Waals surface area contributed by atoms with Crippen LogP contribution in [-0.2, 0) is 4.65 Å². The Morgan fingerprint density at radius 1 is 1.50 bits per heavy atom. The maximum absolute atomic E-state index is 8.06. The zero-order valence-electron chi connectivity index (χ0n) is 6.46. The van der Waals surface area contributed by atoms with Gasteiger partial charge in [0.2, 0.25) is 0 Å². The van der Waals surface area contributed by atoms with Crippen LogP contribution in [-0.4, -0.2) is 23.5 Å². The van der Waals surface area contributed by atoms with Gasteiger partial charge in [-0.3, -0.25) is 0 Å². The number of rotatable bonds is 2. The summed E-state index contributed by atoms with van der Waals surface area (Å²) >= 11 is 0. The molecule has 0 aliphatic rings. The zero-order chi connectivity index (χ0) is 5.86. The molecule has 0 aromatic carbocycles. The number of hydrogen-bond donors (Lipinski definition) is 2. The first-order chi connectivity index (χ1) is 3.13. The van der Waals surface area contributed by atoms with Gasteiger partial charge in [-0.25, -0.2) is 0 Å². The topological polar surface area (TPSA) is 49.7 Å². The van der Waals surface area contributed by atoms with Crippen LogP contribution in [0.1, 0.15) is 15.3 Å². The molecule has 0 amide bonds. The van der Waals surface area contributed by atoms with E-state index in [9.17, 15) is 0 Å². The Hall–Kier alpha value is 0.542. The van der Waals surface area contributed by atoms with Crippen LogP contribution in [0.5, 0.6) is 0 Å². The molecule has 0 aromatic heterocycles. The van der Waals surface area contributed by atoms with Crippen molar-refractivity contribution in [2.75, 3.05) is 0 Å². The minimum Gasteiger partial charge on any atom is -1.00 e. The van der Waals surface area contributed by atoms with Gasteiger partial charge in [0.05, 0.1) is 0 Å². The fourth-order valence-corrected chi connectivity index (χ4v) is 0.243. The monoisotopic (exact) mass is 112 g/mol. The van der Waals surface area contributed by atoms with Crippen molar-refractivity contribution in [1.29, 1.82) is 0 Å². The SMILES string of the molecule is CC(C)OB(O)O.[H-].[Li+]. The molecule has 8 heavy (non-hydrogen) atoms. The van der Waals surface area contributed by atoms with E-state index in [-0.39, 0.29) is 26.4 Å². The molecule has 0 aliphatic carbocycles. The molecule has 5 heteroatoms. The Kier molecular flexibility index (Phi) is 8.05. The first-order valence-electron chi connectivity index (χ1n) is 2.14. The number of hydrogen-bond acceptors (Lipinski definition) is 3. The van der Waals surface area contributed by atoms with Gasteiger partial charge in [-0.15, -0.1) is 0 Å². The van der Waals surface area contributed by atoms with Crippen LogP contribution in [0.25, 0.3) is 0 Å². The molecule has 3 nitrogen and oxygen atoms in total. The van der Waals surface area contributed by atoms with Gasteiger partial charge in [-0.1, -0.05) is 0 Å². The second-order valence-corrected chi connectivity index (χ2v) is 1.51. The molecule has 2 N–H and O–H groups in total. The van der Waals surface area contributed by atoms with Crippen LogP contribution in [0.4, 0.5) is 0 Å². The molecular formula is C3H10BLiO3. The van der Waals surface area contributed by atoms with Gasteiger partial charge in [0.25, 0.3) is 0 Å². The molecule has 0 spiro atoms. The summed E-state index contributed by atoms with van der Waals surface area (Å²) in [6.07, 6.45) is -0.125. The van der Waals surface area contributed by atoms with Crippen molar-refractivity contribution in [1.82, 2.24) is 0 Å². The maximum Gasteiger partial charge on any atom is 1.00 e. The van der Waals surface area contributed by atoms with E-state index in [1.807, 2.05) is 0 Å². The molecule has 0 radical (unpaired) electrons. The normalized spacial score (nSPS) is 8.62. The third-order valence-electron chi connectivity index (χ3n) is 0.394. The van der Waals surface area contributed by atoms with Crippen molar-refractivity contribution in [2.45, 2.75) is 20.0 Å². The fourth-order valence-electron chi connectivity index (χ4n) is 0.243. The second-order valence-electron chi connectivity index (χ2n) is 1.51. The van der Waals surface area contributed by atoms with Crippen molar-refractivity contribution >= 4 is 7.32 Å². The Labute approximate surface area is 62.9 Å². The summed E-state index contributed by atoms with van der Waals surface area (Å²) in [7, 11) is -1.63. The van der Waals surface area contributed by atoms with Gasteiger partial charge < -0.3 is 16.1 Å². The fraction of sp³-hybridized carbons (Fsp3) is 1.00. The first kappa shape index (κ1) is 11.4. The molecule has 0 aromatic rings. The standard InChI is InChI=1S/C3H9BO3.Li.H/c1-3(2)7-4(5)6;;/h3,5-6H,1-2H3;;/q;+1;-1. The summed E-state index contributed by atoms with van der Waals surface area (Å²) in [5, 5.41) is 16.1. The third kappa shape index (κ3) is 9.74. The largest absolute Gasteiger partial charge is 1.00 e. The molecule has 0 aliphatic heterocycles. The smallest absolute Gasteiger partial charge is 1.00 e. The third-order valence-corrected chi connectivity index (χ3v) is 0.394. The van der Waals surface area contributed by atoms with Crippen LogP contribution in [0, 0.1) is 0 Å². The molecule has 0 saturated carbocycles. The maximum atomic E-state index is 8.06. The predicted octanol–water partition coefficient (Wildman–Crippen LogP) is -3.50. The van der Waals surface area contributed by atoms with Crippen LogP contribution < -0.4 is 18.9 Å². The Balaban J connectivity index is -0.000000180. The molecule has 0 atom stereocenters. The van der Waals surface area contributed by atoms with Crippen LogP contribution >= 0.6 is 0 Å². The van der Waals surface area contributed by atoms with Crippen molar-refractivity contribution < 1.29 is 35.0 Å². The van der Waals surface area contributed by atoms with E-state index >= 15 is 0 Å². The van der Waals surface area contributed by atoms with E-state index in [2.05, 4.69) is 4.65 Å². The van der Waals surface area contributed by atoms with Gasteiger partial charge >= 0.3 is 26.2 Å². The zero-order valence-corrected chi connectivity index (χ0v) is 5.46. The average Bonchev–Trinajstić information content (AvgIpc) is 1.27. The quantitative estimate of drug-likeness (QED) is 0.364. The summed E-state index contributed by atoms with van der Waals surface area (Å²) in [6.45, 7) is 3.44. The van der Waals surface area contributed by atoms with Gasteiger partial charge in [0, 0.05) is 6.10 Å². The van der Waals surface area contributed by atoms with E-state index in [0.29, 0.717) is 0 Å². The molecule has 0 rings (SSSR count). The minimum atomic E-state index is -1.63. The summed E-state index contributed by atoms with van der Waals surface area (Å²) < 4.78 is 4.36. The van der Waals surface area contributed by atoms with Crippen molar-refractivity contribution in [3.05, 3.63) is 0 Å². The predicted molar refractivity (Wildman–Crippen MR) is 27.5 cm³/mol.